The maximum Gasteiger partial charge on any atom is 0.391 e. The molecule has 0 rings (SSSR count). The molecule has 2 N–H and O–H groups in total. The van der Waals surface area contributed by atoms with Gasteiger partial charge in [0.1, 0.15) is 5.54 Å². The predicted molar refractivity (Wildman–Crippen MR) is 60.4 cm³/mol. The van der Waals surface area contributed by atoms with Crippen molar-refractivity contribution >= 4 is 5.97 Å². The van der Waals surface area contributed by atoms with Crippen molar-refractivity contribution in [3.63, 3.8) is 0 Å². The number of carbonyl (C=O) groups is 1. The van der Waals surface area contributed by atoms with E-state index in [-0.39, 0.29) is 13.2 Å². The van der Waals surface area contributed by atoms with E-state index < -0.39 is 24.1 Å². The van der Waals surface area contributed by atoms with E-state index in [0.717, 1.165) is 0 Å². The number of rotatable bonds is 9. The Balaban J connectivity index is 3.85. The van der Waals surface area contributed by atoms with Gasteiger partial charge in [0.15, 0.2) is 0 Å². The molecule has 0 aromatic carbocycles. The van der Waals surface area contributed by atoms with E-state index >= 15 is 0 Å². The highest BCUT2D eigenvalue weighted by Crippen LogP contribution is 2.20. The average Bonchev–Trinajstić information content (AvgIpc) is 2.27. The molecular weight excluding hydrogens is 251 g/mol. The van der Waals surface area contributed by atoms with Crippen molar-refractivity contribution < 1.29 is 27.8 Å². The van der Waals surface area contributed by atoms with Crippen LogP contribution in [0.5, 0.6) is 0 Å². The van der Waals surface area contributed by atoms with Gasteiger partial charge >= 0.3 is 12.1 Å². The molecule has 7 heteroatoms. The standard InChI is InChI=1S/C11H20F3NO3/c1-3-10(15-2,9(16)17)5-4-7-18-8-6-11(12,13)14/h15H,3-8H2,1-2H3,(H,16,17). The summed E-state index contributed by atoms with van der Waals surface area (Å²) in [5.41, 5.74) is -1.02. The first-order chi connectivity index (χ1) is 8.27. The zero-order chi connectivity index (χ0) is 14.2. The number of hydrogen-bond donors (Lipinski definition) is 2. The molecule has 0 bridgehead atoms. The quantitative estimate of drug-likeness (QED) is 0.631. The minimum Gasteiger partial charge on any atom is -0.480 e. The Morgan fingerprint density at radius 3 is 2.28 bits per heavy atom. The predicted octanol–water partition coefficient (Wildman–Crippen LogP) is 2.19. The second-order valence-electron chi connectivity index (χ2n) is 4.07. The number of carboxylic acid groups (broad SMARTS) is 1. The molecule has 0 aliphatic rings. The summed E-state index contributed by atoms with van der Waals surface area (Å²) in [6, 6.07) is 0. The average molecular weight is 271 g/mol. The Morgan fingerprint density at radius 1 is 1.28 bits per heavy atom. The molecule has 0 aliphatic carbocycles. The molecule has 0 saturated carbocycles. The summed E-state index contributed by atoms with van der Waals surface area (Å²) in [7, 11) is 1.56. The Morgan fingerprint density at radius 2 is 1.89 bits per heavy atom. The molecule has 108 valence electrons. The first-order valence-corrected chi connectivity index (χ1v) is 5.84. The molecule has 4 nitrogen and oxygen atoms in total. The van der Waals surface area contributed by atoms with Crippen LogP contribution in [0.2, 0.25) is 0 Å². The molecule has 1 atom stereocenters. The van der Waals surface area contributed by atoms with Crippen LogP contribution in [0, 0.1) is 0 Å². The summed E-state index contributed by atoms with van der Waals surface area (Å²) in [6.07, 6.45) is -4.06. The third-order valence-corrected chi connectivity index (χ3v) is 2.91. The maximum atomic E-state index is 11.8. The van der Waals surface area contributed by atoms with Crippen LogP contribution in [-0.4, -0.2) is 43.1 Å². The van der Waals surface area contributed by atoms with E-state index in [4.69, 9.17) is 9.84 Å². The van der Waals surface area contributed by atoms with Gasteiger partial charge in [-0.1, -0.05) is 6.92 Å². The summed E-state index contributed by atoms with van der Waals surface area (Å²) in [5, 5.41) is 11.8. The van der Waals surface area contributed by atoms with Gasteiger partial charge in [-0.25, -0.2) is 0 Å². The molecule has 0 aromatic rings. The number of aliphatic carboxylic acids is 1. The van der Waals surface area contributed by atoms with Crippen LogP contribution in [0.1, 0.15) is 32.6 Å². The van der Waals surface area contributed by atoms with Crippen LogP contribution in [0.3, 0.4) is 0 Å². The molecule has 0 amide bonds. The molecule has 18 heavy (non-hydrogen) atoms. The SMILES string of the molecule is CCC(CCCOCCC(F)(F)F)(NC)C(=O)O. The normalized spacial score (nSPS) is 15.4. The first-order valence-electron chi connectivity index (χ1n) is 5.84. The molecule has 0 aliphatic heterocycles. The molecular formula is C11H20F3NO3. The van der Waals surface area contributed by atoms with E-state index in [2.05, 4.69) is 5.32 Å². The number of hydrogen-bond acceptors (Lipinski definition) is 3. The van der Waals surface area contributed by atoms with Crippen molar-refractivity contribution in [1.29, 1.82) is 0 Å². The number of halogens is 3. The summed E-state index contributed by atoms with van der Waals surface area (Å²) >= 11 is 0. The summed E-state index contributed by atoms with van der Waals surface area (Å²) in [4.78, 5) is 11.1. The van der Waals surface area contributed by atoms with Crippen LogP contribution < -0.4 is 5.32 Å². The van der Waals surface area contributed by atoms with Gasteiger partial charge in [-0.2, -0.15) is 13.2 Å². The van der Waals surface area contributed by atoms with Crippen LogP contribution in [0.15, 0.2) is 0 Å². The third kappa shape index (κ3) is 6.20. The van der Waals surface area contributed by atoms with Gasteiger partial charge in [-0.05, 0) is 26.3 Å². The fourth-order valence-electron chi connectivity index (χ4n) is 1.61. The topological polar surface area (TPSA) is 58.6 Å². The number of ether oxygens (including phenoxy) is 1. The van der Waals surface area contributed by atoms with E-state index in [0.29, 0.717) is 19.3 Å². The first kappa shape index (κ1) is 17.2. The molecule has 0 heterocycles. The fourth-order valence-corrected chi connectivity index (χ4v) is 1.61. The number of alkyl halides is 3. The van der Waals surface area contributed by atoms with Crippen molar-refractivity contribution in [2.45, 2.75) is 44.3 Å². The Hall–Kier alpha value is -0.820. The van der Waals surface area contributed by atoms with Crippen molar-refractivity contribution in [2.75, 3.05) is 20.3 Å². The third-order valence-electron chi connectivity index (χ3n) is 2.91. The van der Waals surface area contributed by atoms with Crippen LogP contribution in [0.25, 0.3) is 0 Å². The minimum absolute atomic E-state index is 0.132. The lowest BCUT2D eigenvalue weighted by atomic mass is 9.91. The van der Waals surface area contributed by atoms with Crippen molar-refractivity contribution in [3.8, 4) is 0 Å². The summed E-state index contributed by atoms with van der Waals surface area (Å²) in [5.74, 6) is -0.956. The fraction of sp³-hybridized carbons (Fsp3) is 0.909. The van der Waals surface area contributed by atoms with E-state index in [1.54, 1.807) is 14.0 Å². The Labute approximate surface area is 105 Å². The van der Waals surface area contributed by atoms with E-state index in [1.807, 2.05) is 0 Å². The lowest BCUT2D eigenvalue weighted by molar-refractivity contribution is -0.146. The molecule has 0 aromatic heterocycles. The summed E-state index contributed by atoms with van der Waals surface area (Å²) in [6.45, 7) is 1.50. The second-order valence-corrected chi connectivity index (χ2v) is 4.07. The lowest BCUT2D eigenvalue weighted by Gasteiger charge is -2.27. The molecule has 1 unspecified atom stereocenters. The summed E-state index contributed by atoms with van der Waals surface area (Å²) < 4.78 is 40.2. The second kappa shape index (κ2) is 7.58. The monoisotopic (exact) mass is 271 g/mol. The van der Waals surface area contributed by atoms with Gasteiger partial charge in [0.2, 0.25) is 0 Å². The number of nitrogens with one attached hydrogen (secondary N) is 1. The van der Waals surface area contributed by atoms with Crippen LogP contribution >= 0.6 is 0 Å². The largest absolute Gasteiger partial charge is 0.480 e. The van der Waals surface area contributed by atoms with Gasteiger partial charge in [0.25, 0.3) is 0 Å². The van der Waals surface area contributed by atoms with Crippen LogP contribution in [0.4, 0.5) is 13.2 Å². The maximum absolute atomic E-state index is 11.8. The van der Waals surface area contributed by atoms with Gasteiger partial charge < -0.3 is 15.2 Å². The van der Waals surface area contributed by atoms with Crippen molar-refractivity contribution in [2.24, 2.45) is 0 Å². The van der Waals surface area contributed by atoms with Crippen molar-refractivity contribution in [3.05, 3.63) is 0 Å². The van der Waals surface area contributed by atoms with Gasteiger partial charge in [0, 0.05) is 6.61 Å². The lowest BCUT2D eigenvalue weighted by Crippen LogP contribution is -2.49. The highest BCUT2D eigenvalue weighted by atomic mass is 19.4. The highest BCUT2D eigenvalue weighted by Gasteiger charge is 2.34. The van der Waals surface area contributed by atoms with Crippen LogP contribution in [-0.2, 0) is 9.53 Å². The van der Waals surface area contributed by atoms with E-state index in [1.165, 1.54) is 0 Å². The number of carboxylic acids is 1. The molecule has 0 spiro atoms. The smallest absolute Gasteiger partial charge is 0.391 e. The number of likely N-dealkylation sites (N-methyl/N-ethyl adjacent to an activating group) is 1. The zero-order valence-electron chi connectivity index (χ0n) is 10.6. The Kier molecular flexibility index (Phi) is 7.23. The van der Waals surface area contributed by atoms with Gasteiger partial charge in [-0.3, -0.25) is 4.79 Å². The Bertz CT molecular complexity index is 252. The molecule has 0 saturated heterocycles. The highest BCUT2D eigenvalue weighted by molar-refractivity contribution is 5.78. The molecule has 0 radical (unpaired) electrons. The zero-order valence-corrected chi connectivity index (χ0v) is 10.6. The molecule has 0 fully saturated rings. The van der Waals surface area contributed by atoms with Crippen molar-refractivity contribution in [1.82, 2.24) is 5.32 Å². The van der Waals surface area contributed by atoms with Gasteiger partial charge in [0.05, 0.1) is 13.0 Å². The minimum atomic E-state index is -4.21. The van der Waals surface area contributed by atoms with E-state index in [9.17, 15) is 18.0 Å². The van der Waals surface area contributed by atoms with Gasteiger partial charge in [-0.15, -0.1) is 0 Å².